The quantitative estimate of drug-likeness (QED) is 0.337. The number of likely N-dealkylation sites (N-methyl/N-ethyl adjacent to an activating group) is 1. The summed E-state index contributed by atoms with van der Waals surface area (Å²) in [5.74, 6) is 0.827. The predicted octanol–water partition coefficient (Wildman–Crippen LogP) is 2.34. The van der Waals surface area contributed by atoms with Gasteiger partial charge in [-0.1, -0.05) is 44.2 Å². The fraction of sp³-hybridized carbons (Fsp3) is 0.407. The number of thiazole rings is 1. The number of rotatable bonds is 12. The van der Waals surface area contributed by atoms with E-state index < -0.39 is 28.3 Å². The zero-order valence-electron chi connectivity index (χ0n) is 22.1. The maximum absolute atomic E-state index is 13.7. The van der Waals surface area contributed by atoms with Gasteiger partial charge in [0.25, 0.3) is 0 Å². The highest BCUT2D eigenvalue weighted by molar-refractivity contribution is 7.89. The van der Waals surface area contributed by atoms with Gasteiger partial charge in [-0.15, -0.1) is 11.3 Å². The lowest BCUT2D eigenvalue weighted by atomic mass is 10.00. The molecular formula is C27H34N3O7S2+. The highest BCUT2D eigenvalue weighted by atomic mass is 32.2. The van der Waals surface area contributed by atoms with Gasteiger partial charge in [0, 0.05) is 31.8 Å². The van der Waals surface area contributed by atoms with Gasteiger partial charge in [0.15, 0.2) is 11.5 Å². The number of nitrogens with zero attached hydrogens (tertiary/aromatic N) is 2. The molecule has 1 aromatic heterocycles. The minimum Gasteiger partial charge on any atom is -0.454 e. The first-order valence-corrected chi connectivity index (χ1v) is 15.0. The molecule has 12 heteroatoms. The number of amides is 1. The highest BCUT2D eigenvalue weighted by Gasteiger charge is 2.37. The molecule has 2 aromatic carbocycles. The van der Waals surface area contributed by atoms with E-state index in [2.05, 4.69) is 4.98 Å². The van der Waals surface area contributed by atoms with Crippen LogP contribution in [0.25, 0.3) is 0 Å². The first-order chi connectivity index (χ1) is 18.6. The van der Waals surface area contributed by atoms with E-state index >= 15 is 0 Å². The van der Waals surface area contributed by atoms with Gasteiger partial charge in [-0.3, -0.25) is 4.98 Å². The maximum Gasteiger partial charge on any atom is 0.514 e. The molecule has 1 aliphatic rings. The standard InChI is InChI=1S/C27H33N3O7S2/c1-19(2)14-30(39(33,34)22-9-10-25-26(12-22)37-18-36-25)15-24(31)23(11-20-7-5-4-6-8-20)29(3)27(32)35-16-21-13-28-17-38-21/h4-10,12-13,17,19,23-24,31H,11,14-16,18H2,1-3H3/p+1/t23-,24+/m0/s1. The number of benzene rings is 2. The summed E-state index contributed by atoms with van der Waals surface area (Å²) in [5.41, 5.74) is 2.57. The zero-order chi connectivity index (χ0) is 28.0. The third-order valence-electron chi connectivity index (χ3n) is 6.41. The minimum atomic E-state index is -4.00. The number of sulfonamides is 1. The summed E-state index contributed by atoms with van der Waals surface area (Å²) in [6.07, 6.45) is 0.249. The summed E-state index contributed by atoms with van der Waals surface area (Å²) < 4.78 is 44.9. The number of aliphatic hydroxyl groups excluding tert-OH is 1. The molecule has 0 saturated heterocycles. The Morgan fingerprint density at radius 2 is 1.90 bits per heavy atom. The first kappa shape index (κ1) is 29.0. The Morgan fingerprint density at radius 3 is 2.59 bits per heavy atom. The number of quaternary nitrogens is 1. The number of carbonyl (C=O) groups is 1. The SMILES string of the molecule is CC(C)CN(C[C@@H](O)[C@H](Cc1ccccc1)[NH+](C)C(=O)OCc1cncs1)S(=O)(=O)c1ccc2c(c1)OCO2. The van der Waals surface area contributed by atoms with Gasteiger partial charge in [0.05, 0.1) is 22.3 Å². The Morgan fingerprint density at radius 1 is 1.15 bits per heavy atom. The summed E-state index contributed by atoms with van der Waals surface area (Å²) in [4.78, 5) is 18.2. The van der Waals surface area contributed by atoms with Crippen molar-refractivity contribution in [2.24, 2.45) is 5.92 Å². The lowest BCUT2D eigenvalue weighted by Crippen LogP contribution is -3.17. The molecule has 1 aliphatic heterocycles. The fourth-order valence-corrected chi connectivity index (χ4v) is 6.50. The molecule has 1 amide bonds. The molecule has 1 unspecified atom stereocenters. The van der Waals surface area contributed by atoms with Crippen LogP contribution in [-0.4, -0.2) is 68.0 Å². The van der Waals surface area contributed by atoms with E-state index in [1.54, 1.807) is 24.8 Å². The molecule has 0 bridgehead atoms. The van der Waals surface area contributed by atoms with Crippen molar-refractivity contribution < 1.29 is 37.4 Å². The van der Waals surface area contributed by atoms with Gasteiger partial charge in [-0.2, -0.15) is 9.10 Å². The summed E-state index contributed by atoms with van der Waals surface area (Å²) in [6.45, 7) is 3.90. The lowest BCUT2D eigenvalue weighted by molar-refractivity contribution is -0.835. The van der Waals surface area contributed by atoms with Crippen LogP contribution in [0.5, 0.6) is 11.5 Å². The number of ether oxygens (including phenoxy) is 3. The highest BCUT2D eigenvalue weighted by Crippen LogP contribution is 2.34. The fourth-order valence-electron chi connectivity index (χ4n) is 4.36. The van der Waals surface area contributed by atoms with Gasteiger partial charge >= 0.3 is 6.09 Å². The Bertz CT molecular complexity index is 1330. The second kappa shape index (κ2) is 12.9. The van der Waals surface area contributed by atoms with Crippen LogP contribution in [-0.2, 0) is 27.8 Å². The minimum absolute atomic E-state index is 0.0111. The Labute approximate surface area is 232 Å². The van der Waals surface area contributed by atoms with E-state index in [0.29, 0.717) is 22.8 Å². The average Bonchev–Trinajstić information content (AvgIpc) is 3.61. The molecule has 0 saturated carbocycles. The van der Waals surface area contributed by atoms with Crippen LogP contribution in [0, 0.1) is 5.92 Å². The molecule has 3 aromatic rings. The molecule has 39 heavy (non-hydrogen) atoms. The third kappa shape index (κ3) is 7.34. The number of nitrogens with one attached hydrogen (secondary N) is 1. The monoisotopic (exact) mass is 576 g/mol. The van der Waals surface area contributed by atoms with E-state index in [-0.39, 0.29) is 37.3 Å². The van der Waals surface area contributed by atoms with Gasteiger partial charge < -0.3 is 19.3 Å². The van der Waals surface area contributed by atoms with Crippen molar-refractivity contribution in [3.63, 3.8) is 0 Å². The second-order valence-electron chi connectivity index (χ2n) is 9.82. The summed E-state index contributed by atoms with van der Waals surface area (Å²) in [7, 11) is -2.37. The van der Waals surface area contributed by atoms with Crippen molar-refractivity contribution in [3.8, 4) is 11.5 Å². The van der Waals surface area contributed by atoms with Crippen LogP contribution in [0.2, 0.25) is 0 Å². The number of fused-ring (bicyclic) bond motifs is 1. The molecule has 0 radical (unpaired) electrons. The topological polar surface area (TPSA) is 120 Å². The van der Waals surface area contributed by atoms with E-state index in [0.717, 1.165) is 10.4 Å². The summed E-state index contributed by atoms with van der Waals surface area (Å²) in [5, 5.41) is 11.5. The van der Waals surface area contributed by atoms with Gasteiger partial charge in [0.1, 0.15) is 18.8 Å². The molecule has 0 spiro atoms. The Kier molecular flexibility index (Phi) is 9.57. The second-order valence-corrected chi connectivity index (χ2v) is 12.7. The number of carbonyl (C=O) groups excluding carboxylic acids is 1. The molecule has 3 atom stereocenters. The average molecular weight is 577 g/mol. The van der Waals surface area contributed by atoms with Crippen LogP contribution in [0.15, 0.2) is 65.1 Å². The molecule has 0 aliphatic carbocycles. The van der Waals surface area contributed by atoms with Crippen molar-refractivity contribution in [2.75, 3.05) is 26.9 Å². The van der Waals surface area contributed by atoms with Crippen LogP contribution in [0.3, 0.4) is 0 Å². The van der Waals surface area contributed by atoms with E-state index in [1.807, 2.05) is 44.2 Å². The van der Waals surface area contributed by atoms with E-state index in [1.165, 1.54) is 27.8 Å². The summed E-state index contributed by atoms with van der Waals surface area (Å²) in [6, 6.07) is 13.3. The number of alkyl carbamates (subject to hydrolysis) is 2. The van der Waals surface area contributed by atoms with Crippen LogP contribution in [0.4, 0.5) is 4.79 Å². The molecule has 2 N–H and O–H groups in total. The molecule has 2 heterocycles. The molecule has 210 valence electrons. The largest absolute Gasteiger partial charge is 0.514 e. The molecule has 10 nitrogen and oxygen atoms in total. The normalized spacial score (nSPS) is 15.3. The molecule has 0 fully saturated rings. The number of hydrogen-bond acceptors (Lipinski definition) is 9. The first-order valence-electron chi connectivity index (χ1n) is 12.6. The Hall–Kier alpha value is -3.03. The van der Waals surface area contributed by atoms with E-state index in [4.69, 9.17) is 14.2 Å². The van der Waals surface area contributed by atoms with Crippen LogP contribution < -0.4 is 14.4 Å². The van der Waals surface area contributed by atoms with Crippen molar-refractivity contribution >= 4 is 27.5 Å². The van der Waals surface area contributed by atoms with Gasteiger partial charge in [0.2, 0.25) is 16.8 Å². The smallest absolute Gasteiger partial charge is 0.454 e. The predicted molar refractivity (Wildman–Crippen MR) is 145 cm³/mol. The number of aliphatic hydroxyl groups is 1. The van der Waals surface area contributed by atoms with Crippen molar-refractivity contribution in [1.29, 1.82) is 0 Å². The summed E-state index contributed by atoms with van der Waals surface area (Å²) >= 11 is 1.38. The Balaban J connectivity index is 1.57. The van der Waals surface area contributed by atoms with Crippen LogP contribution >= 0.6 is 11.3 Å². The van der Waals surface area contributed by atoms with Crippen LogP contribution in [0.1, 0.15) is 24.3 Å². The number of aromatic nitrogens is 1. The van der Waals surface area contributed by atoms with Gasteiger partial charge in [-0.25, -0.2) is 13.3 Å². The van der Waals surface area contributed by atoms with Crippen molar-refractivity contribution in [2.45, 2.75) is 43.9 Å². The van der Waals surface area contributed by atoms with Crippen molar-refractivity contribution in [3.05, 3.63) is 70.7 Å². The zero-order valence-corrected chi connectivity index (χ0v) is 23.8. The molecule has 4 rings (SSSR count). The molecular weight excluding hydrogens is 542 g/mol. The lowest BCUT2D eigenvalue weighted by Gasteiger charge is -2.31. The third-order valence-corrected chi connectivity index (χ3v) is 8.99. The van der Waals surface area contributed by atoms with Gasteiger partial charge in [-0.05, 0) is 23.6 Å². The van der Waals surface area contributed by atoms with E-state index in [9.17, 15) is 18.3 Å². The maximum atomic E-state index is 13.7. The van der Waals surface area contributed by atoms with Crippen molar-refractivity contribution in [1.82, 2.24) is 9.29 Å². The number of hydrogen-bond donors (Lipinski definition) is 2.